The SMILES string of the molecule is CC(C)(C)NC(=O)Nc1ccc(C(=O)N2CCOCC2)cc1. The van der Waals surface area contributed by atoms with Crippen LogP contribution in [0.5, 0.6) is 0 Å². The Morgan fingerprint density at radius 3 is 2.23 bits per heavy atom. The number of benzene rings is 1. The summed E-state index contributed by atoms with van der Waals surface area (Å²) < 4.78 is 5.24. The van der Waals surface area contributed by atoms with Crippen LogP contribution in [0.3, 0.4) is 0 Å². The molecule has 0 bridgehead atoms. The van der Waals surface area contributed by atoms with E-state index in [1.807, 2.05) is 20.8 Å². The van der Waals surface area contributed by atoms with E-state index in [0.29, 0.717) is 37.6 Å². The molecule has 1 fully saturated rings. The van der Waals surface area contributed by atoms with Gasteiger partial charge in [-0.3, -0.25) is 4.79 Å². The Morgan fingerprint density at radius 2 is 1.68 bits per heavy atom. The first kappa shape index (κ1) is 16.3. The van der Waals surface area contributed by atoms with Crippen molar-refractivity contribution in [3.8, 4) is 0 Å². The fraction of sp³-hybridized carbons (Fsp3) is 0.500. The second kappa shape index (κ2) is 6.79. The molecule has 2 N–H and O–H groups in total. The van der Waals surface area contributed by atoms with Crippen LogP contribution in [0.4, 0.5) is 10.5 Å². The highest BCUT2D eigenvalue weighted by Crippen LogP contribution is 2.13. The Labute approximate surface area is 130 Å². The summed E-state index contributed by atoms with van der Waals surface area (Å²) in [6.07, 6.45) is 0. The molecular weight excluding hydrogens is 282 g/mol. The molecule has 1 aliphatic heterocycles. The Hall–Kier alpha value is -2.08. The average molecular weight is 305 g/mol. The van der Waals surface area contributed by atoms with Gasteiger partial charge in [0.1, 0.15) is 0 Å². The Balaban J connectivity index is 1.95. The fourth-order valence-electron chi connectivity index (χ4n) is 2.15. The summed E-state index contributed by atoms with van der Waals surface area (Å²) in [5, 5.41) is 5.57. The lowest BCUT2D eigenvalue weighted by Crippen LogP contribution is -2.43. The van der Waals surface area contributed by atoms with Crippen molar-refractivity contribution < 1.29 is 14.3 Å². The van der Waals surface area contributed by atoms with Crippen LogP contribution < -0.4 is 10.6 Å². The lowest BCUT2D eigenvalue weighted by Gasteiger charge is -2.27. The predicted octanol–water partition coefficient (Wildman–Crippen LogP) is 2.08. The van der Waals surface area contributed by atoms with Crippen molar-refractivity contribution >= 4 is 17.6 Å². The topological polar surface area (TPSA) is 70.7 Å². The molecule has 0 saturated carbocycles. The van der Waals surface area contributed by atoms with E-state index in [0.717, 1.165) is 0 Å². The van der Waals surface area contributed by atoms with Gasteiger partial charge in [-0.25, -0.2) is 4.79 Å². The minimum absolute atomic E-state index is 0.00556. The predicted molar refractivity (Wildman–Crippen MR) is 85.1 cm³/mol. The molecule has 22 heavy (non-hydrogen) atoms. The summed E-state index contributed by atoms with van der Waals surface area (Å²) in [5.74, 6) is -0.00556. The molecule has 0 aromatic heterocycles. The van der Waals surface area contributed by atoms with E-state index in [9.17, 15) is 9.59 Å². The molecule has 2 rings (SSSR count). The molecule has 6 heteroatoms. The van der Waals surface area contributed by atoms with Gasteiger partial charge in [-0.15, -0.1) is 0 Å². The number of ether oxygens (including phenoxy) is 1. The summed E-state index contributed by atoms with van der Waals surface area (Å²) in [4.78, 5) is 25.9. The van der Waals surface area contributed by atoms with Crippen LogP contribution in [0.1, 0.15) is 31.1 Å². The highest BCUT2D eigenvalue weighted by molar-refractivity contribution is 5.95. The number of morpholine rings is 1. The molecular formula is C16H23N3O3. The minimum atomic E-state index is -0.295. The van der Waals surface area contributed by atoms with Crippen molar-refractivity contribution in [3.05, 3.63) is 29.8 Å². The zero-order valence-electron chi connectivity index (χ0n) is 13.3. The minimum Gasteiger partial charge on any atom is -0.378 e. The van der Waals surface area contributed by atoms with Crippen molar-refractivity contribution in [3.63, 3.8) is 0 Å². The number of hydrogen-bond donors (Lipinski definition) is 2. The summed E-state index contributed by atoms with van der Waals surface area (Å²) in [7, 11) is 0. The number of amides is 3. The summed E-state index contributed by atoms with van der Waals surface area (Å²) in [5.41, 5.74) is 0.972. The molecule has 1 saturated heterocycles. The summed E-state index contributed by atoms with van der Waals surface area (Å²) in [6.45, 7) is 8.14. The van der Waals surface area contributed by atoms with Gasteiger partial charge in [0.25, 0.3) is 5.91 Å². The Kier molecular flexibility index (Phi) is 5.03. The van der Waals surface area contributed by atoms with Crippen LogP contribution in [-0.2, 0) is 4.74 Å². The van der Waals surface area contributed by atoms with Crippen LogP contribution >= 0.6 is 0 Å². The van der Waals surface area contributed by atoms with Crippen LogP contribution in [0, 0.1) is 0 Å². The number of carbonyl (C=O) groups is 2. The Bertz CT molecular complexity index is 529. The maximum atomic E-state index is 12.3. The Morgan fingerprint density at radius 1 is 1.09 bits per heavy atom. The maximum absolute atomic E-state index is 12.3. The van der Waals surface area contributed by atoms with Gasteiger partial charge in [0.2, 0.25) is 0 Å². The standard InChI is InChI=1S/C16H23N3O3/c1-16(2,3)18-15(21)17-13-6-4-12(5-7-13)14(20)19-8-10-22-11-9-19/h4-7H,8-11H2,1-3H3,(H2,17,18,21). The first-order valence-electron chi connectivity index (χ1n) is 7.41. The van der Waals surface area contributed by atoms with Crippen molar-refractivity contribution in [2.45, 2.75) is 26.3 Å². The second-order valence-electron chi connectivity index (χ2n) is 6.31. The van der Waals surface area contributed by atoms with Crippen LogP contribution in [0.25, 0.3) is 0 Å². The second-order valence-corrected chi connectivity index (χ2v) is 6.31. The molecule has 0 radical (unpaired) electrons. The highest BCUT2D eigenvalue weighted by Gasteiger charge is 2.18. The van der Waals surface area contributed by atoms with Crippen LogP contribution in [0.15, 0.2) is 24.3 Å². The number of anilines is 1. The van der Waals surface area contributed by atoms with Gasteiger partial charge in [0.05, 0.1) is 13.2 Å². The van der Waals surface area contributed by atoms with Crippen molar-refractivity contribution in [1.82, 2.24) is 10.2 Å². The highest BCUT2D eigenvalue weighted by atomic mass is 16.5. The number of urea groups is 1. The van der Waals surface area contributed by atoms with Crippen molar-refractivity contribution in [2.75, 3.05) is 31.6 Å². The van der Waals surface area contributed by atoms with Gasteiger partial charge in [0.15, 0.2) is 0 Å². The monoisotopic (exact) mass is 305 g/mol. The summed E-state index contributed by atoms with van der Waals surface area (Å²) in [6, 6.07) is 6.65. The average Bonchev–Trinajstić information content (AvgIpc) is 2.46. The molecule has 0 spiro atoms. The fourth-order valence-corrected chi connectivity index (χ4v) is 2.15. The molecule has 0 aliphatic carbocycles. The molecule has 1 aromatic carbocycles. The molecule has 6 nitrogen and oxygen atoms in total. The van der Waals surface area contributed by atoms with Gasteiger partial charge < -0.3 is 20.3 Å². The van der Waals surface area contributed by atoms with E-state index in [4.69, 9.17) is 4.74 Å². The van der Waals surface area contributed by atoms with Gasteiger partial charge in [0, 0.05) is 29.9 Å². The molecule has 1 aliphatic rings. The molecule has 1 aromatic rings. The third kappa shape index (κ3) is 4.73. The third-order valence-corrected chi connectivity index (χ3v) is 3.18. The normalized spacial score (nSPS) is 15.3. The number of nitrogens with zero attached hydrogens (tertiary/aromatic N) is 1. The van der Waals surface area contributed by atoms with E-state index in [1.165, 1.54) is 0 Å². The lowest BCUT2D eigenvalue weighted by atomic mass is 10.1. The molecule has 0 atom stereocenters. The number of carbonyl (C=O) groups excluding carboxylic acids is 2. The molecule has 120 valence electrons. The third-order valence-electron chi connectivity index (χ3n) is 3.18. The molecule has 1 heterocycles. The first-order chi connectivity index (χ1) is 10.3. The zero-order chi connectivity index (χ0) is 16.2. The zero-order valence-corrected chi connectivity index (χ0v) is 13.3. The van der Waals surface area contributed by atoms with Crippen LogP contribution in [-0.4, -0.2) is 48.7 Å². The lowest BCUT2D eigenvalue weighted by molar-refractivity contribution is 0.0303. The van der Waals surface area contributed by atoms with Gasteiger partial charge in [-0.2, -0.15) is 0 Å². The number of rotatable bonds is 2. The van der Waals surface area contributed by atoms with E-state index in [2.05, 4.69) is 10.6 Å². The maximum Gasteiger partial charge on any atom is 0.319 e. The first-order valence-corrected chi connectivity index (χ1v) is 7.41. The smallest absolute Gasteiger partial charge is 0.319 e. The van der Waals surface area contributed by atoms with Crippen LogP contribution in [0.2, 0.25) is 0 Å². The quantitative estimate of drug-likeness (QED) is 0.879. The van der Waals surface area contributed by atoms with Gasteiger partial charge >= 0.3 is 6.03 Å². The molecule has 3 amide bonds. The van der Waals surface area contributed by atoms with Gasteiger partial charge in [-0.1, -0.05) is 0 Å². The number of nitrogens with one attached hydrogen (secondary N) is 2. The van der Waals surface area contributed by atoms with Gasteiger partial charge in [-0.05, 0) is 45.0 Å². The molecule has 0 unspecified atom stereocenters. The van der Waals surface area contributed by atoms with E-state index >= 15 is 0 Å². The van der Waals surface area contributed by atoms with E-state index in [1.54, 1.807) is 29.2 Å². The van der Waals surface area contributed by atoms with Crippen molar-refractivity contribution in [1.29, 1.82) is 0 Å². The summed E-state index contributed by atoms with van der Waals surface area (Å²) >= 11 is 0. The largest absolute Gasteiger partial charge is 0.378 e. The van der Waals surface area contributed by atoms with Crippen molar-refractivity contribution in [2.24, 2.45) is 0 Å². The number of hydrogen-bond acceptors (Lipinski definition) is 3. The van der Waals surface area contributed by atoms with E-state index in [-0.39, 0.29) is 17.5 Å². The van der Waals surface area contributed by atoms with E-state index < -0.39 is 0 Å².